The van der Waals surface area contributed by atoms with Gasteiger partial charge in [-0.1, -0.05) is 0 Å². The number of halogens is 1. The van der Waals surface area contributed by atoms with Crippen molar-refractivity contribution in [3.63, 3.8) is 0 Å². The number of rotatable bonds is 2. The highest BCUT2D eigenvalue weighted by Crippen LogP contribution is 2.42. The first kappa shape index (κ1) is 20.5. The number of anilines is 2. The number of likely N-dealkylation sites (N-methyl/N-ethyl adjacent to an activating group) is 1. The Morgan fingerprint density at radius 1 is 1.27 bits per heavy atom. The number of aryl methyl sites for hydroxylation is 1. The Hall–Kier alpha value is -2.75. The number of urea groups is 1. The van der Waals surface area contributed by atoms with Gasteiger partial charge in [0.15, 0.2) is 17.5 Å². The van der Waals surface area contributed by atoms with Gasteiger partial charge in [-0.3, -0.25) is 10.00 Å². The predicted octanol–water partition coefficient (Wildman–Crippen LogP) is 2.59. The summed E-state index contributed by atoms with van der Waals surface area (Å²) in [5, 5.41) is 10.3. The molecule has 0 bridgehead atoms. The molecule has 0 unspecified atom stereocenters. The molecule has 30 heavy (non-hydrogen) atoms. The fourth-order valence-corrected chi connectivity index (χ4v) is 4.30. The molecule has 0 radical (unpaired) electrons. The van der Waals surface area contributed by atoms with Gasteiger partial charge in [0.1, 0.15) is 5.82 Å². The summed E-state index contributed by atoms with van der Waals surface area (Å²) in [6, 6.07) is 0.436. The van der Waals surface area contributed by atoms with E-state index in [9.17, 15) is 9.18 Å². The van der Waals surface area contributed by atoms with Gasteiger partial charge in [0, 0.05) is 30.7 Å². The number of H-pyrrole nitrogens is 1. The van der Waals surface area contributed by atoms with Crippen LogP contribution in [0.2, 0.25) is 0 Å². The van der Waals surface area contributed by atoms with E-state index in [1.807, 2.05) is 23.6 Å². The second-order valence-corrected chi connectivity index (χ2v) is 8.88. The summed E-state index contributed by atoms with van der Waals surface area (Å²) in [5.74, 6) is 0.454. The Kier molecular flexibility index (Phi) is 4.92. The van der Waals surface area contributed by atoms with Crippen LogP contribution >= 0.6 is 0 Å². The molecule has 9 nitrogen and oxygen atoms in total. The first-order valence-electron chi connectivity index (χ1n) is 10.2. The summed E-state index contributed by atoms with van der Waals surface area (Å²) in [6.07, 6.45) is 1.13. The Morgan fingerprint density at radius 3 is 2.73 bits per heavy atom. The molecule has 0 aromatic carbocycles. The summed E-state index contributed by atoms with van der Waals surface area (Å²) in [4.78, 5) is 27.6. The molecule has 0 aliphatic carbocycles. The molecule has 2 aromatic rings. The number of amides is 2. The summed E-state index contributed by atoms with van der Waals surface area (Å²) < 4.78 is 14.1. The summed E-state index contributed by atoms with van der Waals surface area (Å²) in [5.41, 5.74) is 1.13. The fraction of sp³-hybridized carbons (Fsp3) is 0.600. The molecule has 2 amide bonds. The van der Waals surface area contributed by atoms with Crippen LogP contribution in [0.15, 0.2) is 6.20 Å². The van der Waals surface area contributed by atoms with Crippen LogP contribution < -0.4 is 5.32 Å². The van der Waals surface area contributed by atoms with Gasteiger partial charge in [0.25, 0.3) is 0 Å². The van der Waals surface area contributed by atoms with Crippen molar-refractivity contribution in [3.05, 3.63) is 29.1 Å². The molecule has 2 aliphatic heterocycles. The molecule has 4 rings (SSSR count). The van der Waals surface area contributed by atoms with Crippen molar-refractivity contribution in [2.75, 3.05) is 25.5 Å². The standard InChI is InChI=1S/C20H29FN8O/c1-11-9-28(12(2)8-27(11)6)19(30)29-10-14-16(20(29,4)5)25-26-17(14)24-18-15(21)7-22-13(3)23-18/h7,11-12H,8-10H2,1-6H3,(H2,22,23,24,25,26)/t11-,12-/m0/s1. The molecule has 2 atom stereocenters. The number of piperazine rings is 1. The Morgan fingerprint density at radius 2 is 2.00 bits per heavy atom. The molecule has 2 N–H and O–H groups in total. The van der Waals surface area contributed by atoms with Crippen molar-refractivity contribution in [2.24, 2.45) is 0 Å². The number of nitrogens with zero attached hydrogens (tertiary/aromatic N) is 6. The van der Waals surface area contributed by atoms with E-state index in [1.165, 1.54) is 0 Å². The second kappa shape index (κ2) is 7.19. The Balaban J connectivity index is 1.59. The van der Waals surface area contributed by atoms with E-state index in [2.05, 4.69) is 51.3 Å². The van der Waals surface area contributed by atoms with Crippen molar-refractivity contribution in [1.82, 2.24) is 34.9 Å². The third-order valence-electron chi connectivity index (χ3n) is 6.35. The monoisotopic (exact) mass is 416 g/mol. The van der Waals surface area contributed by atoms with Crippen LogP contribution in [-0.2, 0) is 12.1 Å². The first-order valence-corrected chi connectivity index (χ1v) is 10.2. The van der Waals surface area contributed by atoms with Crippen LogP contribution in [0.1, 0.15) is 44.8 Å². The lowest BCUT2D eigenvalue weighted by Crippen LogP contribution is -2.60. The smallest absolute Gasteiger partial charge is 0.321 e. The molecule has 2 aromatic heterocycles. The van der Waals surface area contributed by atoms with Crippen molar-refractivity contribution >= 4 is 17.7 Å². The number of carbonyl (C=O) groups excluding carboxylic acids is 1. The molecule has 1 fully saturated rings. The number of nitrogens with one attached hydrogen (secondary N) is 2. The number of aromatic amines is 1. The maximum atomic E-state index is 14.1. The van der Waals surface area contributed by atoms with Crippen molar-refractivity contribution in [3.8, 4) is 0 Å². The average Bonchev–Trinajstić information content (AvgIpc) is 3.19. The van der Waals surface area contributed by atoms with Gasteiger partial charge < -0.3 is 15.1 Å². The molecular formula is C20H29FN8O. The van der Waals surface area contributed by atoms with E-state index >= 15 is 0 Å². The highest BCUT2D eigenvalue weighted by molar-refractivity contribution is 5.78. The number of fused-ring (bicyclic) bond motifs is 1. The molecule has 4 heterocycles. The zero-order chi connectivity index (χ0) is 21.8. The van der Waals surface area contributed by atoms with E-state index in [0.717, 1.165) is 24.0 Å². The molecule has 10 heteroatoms. The van der Waals surface area contributed by atoms with E-state index in [4.69, 9.17) is 0 Å². The van der Waals surface area contributed by atoms with Crippen LogP contribution in [0.3, 0.4) is 0 Å². The third kappa shape index (κ3) is 3.28. The lowest BCUT2D eigenvalue weighted by atomic mass is 10.0. The molecule has 1 saturated heterocycles. The quantitative estimate of drug-likeness (QED) is 0.782. The Bertz CT molecular complexity index is 974. The van der Waals surface area contributed by atoms with Gasteiger partial charge >= 0.3 is 6.03 Å². The van der Waals surface area contributed by atoms with Crippen LogP contribution in [0.5, 0.6) is 0 Å². The van der Waals surface area contributed by atoms with E-state index in [1.54, 1.807) is 6.92 Å². The van der Waals surface area contributed by atoms with Crippen LogP contribution in [-0.4, -0.2) is 73.1 Å². The van der Waals surface area contributed by atoms with Crippen LogP contribution in [0, 0.1) is 12.7 Å². The highest BCUT2D eigenvalue weighted by Gasteiger charge is 2.46. The zero-order valence-electron chi connectivity index (χ0n) is 18.3. The topological polar surface area (TPSA) is 93.3 Å². The van der Waals surface area contributed by atoms with E-state index < -0.39 is 11.4 Å². The lowest BCUT2D eigenvalue weighted by Gasteiger charge is -2.45. The van der Waals surface area contributed by atoms with Crippen molar-refractivity contribution < 1.29 is 9.18 Å². The summed E-state index contributed by atoms with van der Waals surface area (Å²) >= 11 is 0. The van der Waals surface area contributed by atoms with E-state index in [0.29, 0.717) is 30.8 Å². The second-order valence-electron chi connectivity index (χ2n) is 8.88. The highest BCUT2D eigenvalue weighted by atomic mass is 19.1. The first-order chi connectivity index (χ1) is 14.1. The predicted molar refractivity (Wildman–Crippen MR) is 111 cm³/mol. The van der Waals surface area contributed by atoms with Crippen LogP contribution in [0.25, 0.3) is 0 Å². The van der Waals surface area contributed by atoms with E-state index in [-0.39, 0.29) is 17.9 Å². The third-order valence-corrected chi connectivity index (χ3v) is 6.35. The molecule has 0 saturated carbocycles. The normalized spacial score (nSPS) is 23.6. The molecule has 162 valence electrons. The van der Waals surface area contributed by atoms with Crippen LogP contribution in [0.4, 0.5) is 20.8 Å². The fourth-order valence-electron chi connectivity index (χ4n) is 4.30. The van der Waals surface area contributed by atoms with Gasteiger partial charge in [0.2, 0.25) is 0 Å². The average molecular weight is 417 g/mol. The Labute approximate surface area is 175 Å². The lowest BCUT2D eigenvalue weighted by molar-refractivity contribution is 0.0457. The summed E-state index contributed by atoms with van der Waals surface area (Å²) in [6.45, 7) is 11.8. The SMILES string of the molecule is Cc1ncc(F)c(Nc2n[nH]c3c2CN(C(=O)N2C[C@H](C)N(C)C[C@@H]2C)C3(C)C)n1. The van der Waals surface area contributed by atoms with Gasteiger partial charge in [-0.15, -0.1) is 0 Å². The summed E-state index contributed by atoms with van der Waals surface area (Å²) in [7, 11) is 2.09. The molecule has 0 spiro atoms. The van der Waals surface area contributed by atoms with Crippen molar-refractivity contribution in [2.45, 2.75) is 58.8 Å². The minimum Gasteiger partial charge on any atom is -0.321 e. The number of hydrogen-bond donors (Lipinski definition) is 2. The van der Waals surface area contributed by atoms with Gasteiger partial charge in [0.05, 0.1) is 24.0 Å². The largest absolute Gasteiger partial charge is 0.321 e. The van der Waals surface area contributed by atoms with Gasteiger partial charge in [-0.25, -0.2) is 19.2 Å². The zero-order valence-corrected chi connectivity index (χ0v) is 18.3. The van der Waals surface area contributed by atoms with Gasteiger partial charge in [-0.2, -0.15) is 5.10 Å². The van der Waals surface area contributed by atoms with Gasteiger partial charge in [-0.05, 0) is 41.7 Å². The molecule has 2 aliphatic rings. The molecular weight excluding hydrogens is 387 g/mol. The minimum atomic E-state index is -0.564. The number of aromatic nitrogens is 4. The minimum absolute atomic E-state index is 0.00654. The number of carbonyl (C=O) groups is 1. The number of hydrogen-bond acceptors (Lipinski definition) is 6. The maximum Gasteiger partial charge on any atom is 0.321 e. The van der Waals surface area contributed by atoms with Crippen molar-refractivity contribution in [1.29, 1.82) is 0 Å². The maximum absolute atomic E-state index is 14.1.